The van der Waals surface area contributed by atoms with Crippen molar-refractivity contribution in [3.05, 3.63) is 137 Å². The average Bonchev–Trinajstić information content (AvgIpc) is 4.20. The molecule has 4 aromatic heterocycles. The summed E-state index contributed by atoms with van der Waals surface area (Å²) in [5.74, 6) is -2.59. The van der Waals surface area contributed by atoms with Gasteiger partial charge in [-0.25, -0.2) is 40.5 Å². The predicted octanol–water partition coefficient (Wildman–Crippen LogP) is 7.52. The lowest BCUT2D eigenvalue weighted by Gasteiger charge is -2.18. The number of nitrogens with zero attached hydrogens (tertiary/aromatic N) is 8. The third-order valence-electron chi connectivity index (χ3n) is 10.6. The second-order valence-electron chi connectivity index (χ2n) is 16.5. The summed E-state index contributed by atoms with van der Waals surface area (Å²) >= 11 is 0. The molecule has 0 radical (unpaired) electrons. The van der Waals surface area contributed by atoms with Crippen molar-refractivity contribution in [3.8, 4) is 28.3 Å². The maximum Gasteiger partial charge on any atom is 0.307 e. The predicted molar refractivity (Wildman–Crippen MR) is 241 cm³/mol. The molecule has 4 heterocycles. The second-order valence-corrected chi connectivity index (χ2v) is 19.7. The number of nitrogens with one attached hydrogen (secondary N) is 1. The van der Waals surface area contributed by atoms with Crippen LogP contribution in [0.15, 0.2) is 95.5 Å². The van der Waals surface area contributed by atoms with Crippen molar-refractivity contribution in [3.63, 3.8) is 0 Å². The van der Waals surface area contributed by atoms with E-state index in [1.165, 1.54) is 73.6 Å². The Kier molecular flexibility index (Phi) is 15.1. The summed E-state index contributed by atoms with van der Waals surface area (Å²) in [6.45, 7) is 14.5. The quantitative estimate of drug-likeness (QED) is 0.0951. The van der Waals surface area contributed by atoms with Crippen LogP contribution in [0.25, 0.3) is 27.1 Å². The second kappa shape index (κ2) is 20.5. The average molecular weight is 953 g/mol. The van der Waals surface area contributed by atoms with Crippen LogP contribution in [0.3, 0.4) is 0 Å². The number of carboxylic acid groups (broad SMARTS) is 1. The van der Waals surface area contributed by atoms with Gasteiger partial charge in [-0.05, 0) is 131 Å². The summed E-state index contributed by atoms with van der Waals surface area (Å²) < 4.78 is 80.8. The molecule has 2 fully saturated rings. The third-order valence-corrected chi connectivity index (χ3v) is 12.8. The third kappa shape index (κ3) is 12.8. The van der Waals surface area contributed by atoms with Crippen molar-refractivity contribution < 1.29 is 40.3 Å². The van der Waals surface area contributed by atoms with E-state index in [1.54, 1.807) is 21.5 Å². The molecule has 0 unspecified atom stereocenters. The normalized spacial score (nSPS) is 13.4. The van der Waals surface area contributed by atoms with E-state index in [1.807, 2.05) is 33.8 Å². The number of hydrogen-bond acceptors (Lipinski definition) is 11. The summed E-state index contributed by atoms with van der Waals surface area (Å²) in [6, 6.07) is 14.2. The van der Waals surface area contributed by atoms with Gasteiger partial charge < -0.3 is 9.95 Å². The number of carboxylic acids is 1. The van der Waals surface area contributed by atoms with Crippen LogP contribution in [-0.2, 0) is 42.5 Å². The lowest BCUT2D eigenvalue weighted by molar-refractivity contribution is -0.136. The Morgan fingerprint density at radius 1 is 0.821 bits per heavy atom. The molecular weight excluding hydrogens is 907 g/mol. The molecule has 4 N–H and O–H groups in total. The fourth-order valence-corrected chi connectivity index (χ4v) is 8.49. The monoisotopic (exact) mass is 952 g/mol. The highest BCUT2D eigenvalue weighted by Crippen LogP contribution is 2.37. The number of nitriles is 1. The van der Waals surface area contributed by atoms with Crippen LogP contribution >= 0.6 is 0 Å². The van der Waals surface area contributed by atoms with Gasteiger partial charge in [-0.3, -0.25) is 19.0 Å². The van der Waals surface area contributed by atoms with Gasteiger partial charge in [0.05, 0.1) is 37.3 Å². The molecule has 0 bridgehead atoms. The molecule has 1 amide bonds. The zero-order chi connectivity index (χ0) is 48.8. The van der Waals surface area contributed by atoms with Gasteiger partial charge in [0.25, 0.3) is 15.8 Å². The summed E-state index contributed by atoms with van der Waals surface area (Å²) in [7, 11) is -7.68. The number of carbonyl (C=O) groups excluding carboxylic acids is 1. The number of pyridine rings is 2. The van der Waals surface area contributed by atoms with Crippen molar-refractivity contribution in [1.29, 1.82) is 5.26 Å². The molecule has 2 aliphatic rings. The Bertz CT molecular complexity index is 3150. The van der Waals surface area contributed by atoms with Crippen molar-refractivity contribution in [2.45, 2.75) is 99.9 Å². The molecule has 0 atom stereocenters. The van der Waals surface area contributed by atoms with Crippen LogP contribution in [0.4, 0.5) is 14.6 Å². The van der Waals surface area contributed by atoms with E-state index in [0.29, 0.717) is 50.5 Å². The first-order valence-corrected chi connectivity index (χ1v) is 23.9. The Labute approximate surface area is 386 Å². The van der Waals surface area contributed by atoms with Gasteiger partial charge in [0.1, 0.15) is 39.4 Å². The molecular formula is C46H46F2N10O7S2. The molecule has 2 saturated carbocycles. The van der Waals surface area contributed by atoms with E-state index in [2.05, 4.69) is 29.7 Å². The van der Waals surface area contributed by atoms with Gasteiger partial charge >= 0.3 is 5.97 Å². The van der Waals surface area contributed by atoms with Gasteiger partial charge in [0.2, 0.25) is 15.9 Å². The highest BCUT2D eigenvalue weighted by molar-refractivity contribution is 7.90. The molecule has 21 heteroatoms. The lowest BCUT2D eigenvalue weighted by atomic mass is 9.88. The first-order valence-electron chi connectivity index (χ1n) is 20.9. The summed E-state index contributed by atoms with van der Waals surface area (Å²) in [4.78, 5) is 35.1. The number of aliphatic carboxylic acids is 1. The lowest BCUT2D eigenvalue weighted by Crippen LogP contribution is -2.32. The highest BCUT2D eigenvalue weighted by Gasteiger charge is 2.29. The zero-order valence-electron chi connectivity index (χ0n) is 36.8. The Morgan fingerprint density at radius 3 is 1.78 bits per heavy atom. The fraction of sp³-hybridized carbons (Fsp3) is 0.304. The largest absolute Gasteiger partial charge is 0.481 e. The van der Waals surface area contributed by atoms with Crippen LogP contribution in [0, 0.1) is 29.5 Å². The van der Waals surface area contributed by atoms with Crippen molar-refractivity contribution in [2.75, 3.05) is 0 Å². The van der Waals surface area contributed by atoms with Gasteiger partial charge in [0, 0.05) is 18.6 Å². The molecule has 348 valence electrons. The van der Waals surface area contributed by atoms with Gasteiger partial charge in [-0.1, -0.05) is 34.3 Å². The maximum atomic E-state index is 14.5. The van der Waals surface area contributed by atoms with Crippen LogP contribution in [0.1, 0.15) is 105 Å². The molecule has 2 aromatic carbocycles. The summed E-state index contributed by atoms with van der Waals surface area (Å²) in [5.41, 5.74) is 4.47. The fourth-order valence-electron chi connectivity index (χ4n) is 7.12. The molecule has 6 aromatic rings. The van der Waals surface area contributed by atoms with Crippen LogP contribution in [-0.4, -0.2) is 63.3 Å². The Morgan fingerprint density at radius 2 is 1.31 bits per heavy atom. The number of benzene rings is 2. The van der Waals surface area contributed by atoms with Gasteiger partial charge in [0.15, 0.2) is 0 Å². The van der Waals surface area contributed by atoms with E-state index >= 15 is 0 Å². The van der Waals surface area contributed by atoms with Gasteiger partial charge in [-0.15, -0.1) is 4.98 Å². The molecule has 0 saturated heterocycles. The number of sulfonamides is 2. The number of hydrogen-bond donors (Lipinski definition) is 3. The minimum atomic E-state index is -4.10. The number of halogens is 2. The number of carbonyl (C=O) groups is 2. The number of nitrogens with two attached hydrogens (primary N) is 1. The van der Waals surface area contributed by atoms with Crippen molar-refractivity contribution in [1.82, 2.24) is 34.3 Å². The summed E-state index contributed by atoms with van der Waals surface area (Å²) in [5, 5.41) is 31.2. The molecule has 17 nitrogen and oxygen atoms in total. The van der Waals surface area contributed by atoms with E-state index in [-0.39, 0.29) is 52.0 Å². The molecule has 0 spiro atoms. The van der Waals surface area contributed by atoms with E-state index in [9.17, 15) is 40.5 Å². The van der Waals surface area contributed by atoms with Crippen molar-refractivity contribution in [2.24, 2.45) is 5.14 Å². The standard InChI is InChI=1S/C23H22FN5O3S.C17H15FN2O2.C6H9N3O2S/c1-14(2)20-8-16(24)9-21(15-5-6-26-17(7-15)11-25)22(20)10-23(30)28-33(31,32)19-12-27-29(13-19)18-3-4-18;1-10(2)13-7-12(18)8-14(15(13)9-17(21)22)11-4-5-20-16(6-11)19-3;7-12(10,11)6-3-8-9(4-6)5-1-2-5/h5-9,12-14,18H,3-4,10H2,1-2H3,(H,28,30);4-8,10H,9H2,1-2H3,(H,21,22);3-5H,1-2H2,(H2,7,10,11). The number of amides is 1. The maximum absolute atomic E-state index is 14.5. The van der Waals surface area contributed by atoms with Crippen LogP contribution in [0.5, 0.6) is 0 Å². The minimum Gasteiger partial charge on any atom is -0.481 e. The van der Waals surface area contributed by atoms with Gasteiger partial charge in [-0.2, -0.15) is 15.5 Å². The molecule has 0 aliphatic heterocycles. The Balaban J connectivity index is 0.000000186. The van der Waals surface area contributed by atoms with E-state index < -0.39 is 43.6 Å². The minimum absolute atomic E-state index is 0.00836. The first kappa shape index (κ1) is 49.2. The zero-order valence-corrected chi connectivity index (χ0v) is 38.4. The van der Waals surface area contributed by atoms with E-state index in [0.717, 1.165) is 25.7 Å². The Hall–Kier alpha value is -7.20. The van der Waals surface area contributed by atoms with E-state index in [4.69, 9.17) is 16.8 Å². The smallest absolute Gasteiger partial charge is 0.307 e. The molecule has 8 rings (SSSR count). The number of rotatable bonds is 13. The number of primary sulfonamides is 1. The highest BCUT2D eigenvalue weighted by atomic mass is 32.2. The first-order chi connectivity index (χ1) is 31.7. The van der Waals surface area contributed by atoms with Crippen molar-refractivity contribution >= 4 is 37.7 Å². The number of aromatic nitrogens is 6. The molecule has 2 aliphatic carbocycles. The molecule has 67 heavy (non-hydrogen) atoms. The SMILES string of the molecule is CC(C)c1cc(F)cc(-c2ccnc(C#N)c2)c1CC(=O)NS(=O)(=O)c1cnn(C2CC2)c1.NS(=O)(=O)c1cnn(C2CC2)c1.[C-]#[N+]c1cc(-c2cc(F)cc(C(C)C)c2CC(=O)O)ccn1. The summed E-state index contributed by atoms with van der Waals surface area (Å²) in [6.07, 6.45) is 11.9. The van der Waals surface area contributed by atoms with Crippen LogP contribution in [0.2, 0.25) is 0 Å². The topological polar surface area (TPSA) is 250 Å². The van der Waals surface area contributed by atoms with Crippen LogP contribution < -0.4 is 9.86 Å².